The molecule has 0 aromatic carbocycles. The second-order valence-corrected chi connectivity index (χ2v) is 25.7. The molecule has 12 rings (SSSR count). The molecule has 64 heavy (non-hydrogen) atoms. The summed E-state index contributed by atoms with van der Waals surface area (Å²) >= 11 is 0. The summed E-state index contributed by atoms with van der Waals surface area (Å²) in [5.41, 5.74) is 9.31. The standard InChI is InChI=1S/C59H84BN3O/c1-38-21-26-44(27-22-38)61(45-28-23-39(2)24-29-45)46-36-50-53-51(37-46)63-55-48(59(58(63,6)7)31-15-10-16-32-59)33-41(40-17-11-8-12-18-40)34-49(55)60(53)56-54(62(50)43-19-13-9-14-20-43)47-35-42(57(3,4)5)25-30-52(47)64-56/h9,13-14,19,21,23,25-26,28,30,36,38,40-44,47-48,50-54,56H,8,10-12,15-18,20,22,24,27,29,31-35,37H2,1-7H3. The van der Waals surface area contributed by atoms with Crippen molar-refractivity contribution in [3.8, 4) is 0 Å². The van der Waals surface area contributed by atoms with Crippen LogP contribution in [0.3, 0.4) is 0 Å². The normalized spacial score (nSPS) is 42.2. The van der Waals surface area contributed by atoms with Gasteiger partial charge in [-0.2, -0.15) is 0 Å². The Labute approximate surface area is 390 Å². The predicted octanol–water partition coefficient (Wildman–Crippen LogP) is 13.7. The zero-order valence-electron chi connectivity index (χ0n) is 41.2. The van der Waals surface area contributed by atoms with Crippen LogP contribution in [0.15, 0.2) is 95.0 Å². The lowest BCUT2D eigenvalue weighted by atomic mass is 9.24. The van der Waals surface area contributed by atoms with E-state index in [4.69, 9.17) is 4.74 Å². The molecule has 0 aromatic rings. The van der Waals surface area contributed by atoms with Gasteiger partial charge < -0.3 is 14.5 Å². The second kappa shape index (κ2) is 16.1. The van der Waals surface area contributed by atoms with Gasteiger partial charge in [0, 0.05) is 70.5 Å². The first-order valence-corrected chi connectivity index (χ1v) is 27.4. The largest absolute Gasteiger partial charge is 0.377 e. The van der Waals surface area contributed by atoms with Gasteiger partial charge in [0.2, 0.25) is 6.71 Å². The van der Waals surface area contributed by atoms with Gasteiger partial charge >= 0.3 is 0 Å². The smallest absolute Gasteiger partial charge is 0.216 e. The summed E-state index contributed by atoms with van der Waals surface area (Å²) in [5.74, 6) is 4.75. The van der Waals surface area contributed by atoms with Gasteiger partial charge in [-0.05, 0) is 132 Å². The van der Waals surface area contributed by atoms with Gasteiger partial charge in [0.25, 0.3) is 0 Å². The minimum atomic E-state index is 0.125. The Bertz CT molecular complexity index is 2080. The van der Waals surface area contributed by atoms with E-state index in [0.29, 0.717) is 71.8 Å². The lowest BCUT2D eigenvalue weighted by Crippen LogP contribution is -2.73. The van der Waals surface area contributed by atoms with Gasteiger partial charge in [-0.15, -0.1) is 0 Å². The summed E-state index contributed by atoms with van der Waals surface area (Å²) in [7, 11) is 0. The Kier molecular flexibility index (Phi) is 10.7. The Hall–Kier alpha value is -2.50. The highest BCUT2D eigenvalue weighted by atomic mass is 16.5. The maximum Gasteiger partial charge on any atom is 0.216 e. The minimum Gasteiger partial charge on any atom is -0.377 e. The topological polar surface area (TPSA) is 19.0 Å². The summed E-state index contributed by atoms with van der Waals surface area (Å²) in [6.07, 6.45) is 54.0. The van der Waals surface area contributed by atoms with E-state index in [9.17, 15) is 0 Å². The van der Waals surface area contributed by atoms with Crippen LogP contribution in [0.5, 0.6) is 0 Å². The first-order valence-electron chi connectivity index (χ1n) is 27.4. The van der Waals surface area contributed by atoms with Crippen LogP contribution in [0.2, 0.25) is 5.82 Å². The zero-order chi connectivity index (χ0) is 43.7. The van der Waals surface area contributed by atoms with Crippen molar-refractivity contribution in [1.82, 2.24) is 14.7 Å². The van der Waals surface area contributed by atoms with E-state index in [1.165, 1.54) is 108 Å². The molecule has 13 unspecified atom stereocenters. The van der Waals surface area contributed by atoms with E-state index < -0.39 is 0 Å². The molecule has 5 heteroatoms. The molecule has 4 nitrogen and oxygen atoms in total. The highest BCUT2D eigenvalue weighted by Gasteiger charge is 2.72. The summed E-state index contributed by atoms with van der Waals surface area (Å²) < 4.78 is 7.90. The van der Waals surface area contributed by atoms with Crippen molar-refractivity contribution >= 4 is 6.71 Å². The average molecular weight is 862 g/mol. The van der Waals surface area contributed by atoms with Crippen LogP contribution in [-0.4, -0.2) is 69.3 Å². The van der Waals surface area contributed by atoms with Crippen molar-refractivity contribution < 1.29 is 4.74 Å². The third kappa shape index (κ3) is 6.61. The lowest BCUT2D eigenvalue weighted by molar-refractivity contribution is -0.0235. The summed E-state index contributed by atoms with van der Waals surface area (Å²) in [5, 5.41) is 0. The van der Waals surface area contributed by atoms with Gasteiger partial charge in [0.1, 0.15) is 0 Å². The maximum absolute atomic E-state index is 7.90. The quantitative estimate of drug-likeness (QED) is 0.202. The number of ether oxygens (including phenoxy) is 1. The molecule has 0 amide bonds. The number of hydrogen-bond acceptors (Lipinski definition) is 4. The molecule has 0 bridgehead atoms. The summed E-state index contributed by atoms with van der Waals surface area (Å²) in [6, 6.07) is 2.34. The third-order valence-electron chi connectivity index (χ3n) is 21.2. The fourth-order valence-electron chi connectivity index (χ4n) is 18.0. The van der Waals surface area contributed by atoms with Crippen molar-refractivity contribution in [1.29, 1.82) is 0 Å². The maximum atomic E-state index is 7.90. The summed E-state index contributed by atoms with van der Waals surface area (Å²) in [4.78, 5) is 9.44. The molecule has 4 heterocycles. The Morgan fingerprint density at radius 3 is 2.34 bits per heavy atom. The van der Waals surface area contributed by atoms with Crippen LogP contribution >= 0.6 is 0 Å². The van der Waals surface area contributed by atoms with E-state index in [-0.39, 0.29) is 23.1 Å². The molecule has 8 aliphatic carbocycles. The second-order valence-electron chi connectivity index (χ2n) is 25.7. The molecule has 0 N–H and O–H groups in total. The van der Waals surface area contributed by atoms with Crippen molar-refractivity contribution in [2.75, 3.05) is 0 Å². The van der Waals surface area contributed by atoms with Crippen LogP contribution in [-0.2, 0) is 4.74 Å². The molecule has 1 spiro atoms. The molecule has 5 fully saturated rings. The van der Waals surface area contributed by atoms with Crippen molar-refractivity contribution in [2.45, 2.75) is 224 Å². The molecule has 3 saturated heterocycles. The van der Waals surface area contributed by atoms with Gasteiger partial charge in [0.15, 0.2) is 0 Å². The molecular weight excluding hydrogens is 777 g/mol. The van der Waals surface area contributed by atoms with Crippen LogP contribution < -0.4 is 0 Å². The monoisotopic (exact) mass is 862 g/mol. The number of allylic oxidation sites excluding steroid dienone is 10. The first-order chi connectivity index (χ1) is 30.9. The highest BCUT2D eigenvalue weighted by Crippen LogP contribution is 2.71. The Balaban J connectivity index is 1.08. The SMILES string of the molecule is CC1=CC=C(N(C2=CC3C4B(C5=C6C(CC(C7CCCCC7)C5)C5(CCCCC5)C(C)(C)N6C4C2)C2OC4C=CC(C(C)(C)C)CC4C2N3C2C=CC=CC2)C2C=CC(C)CC2)CC1. The van der Waals surface area contributed by atoms with Gasteiger partial charge in [-0.25, -0.2) is 0 Å². The van der Waals surface area contributed by atoms with E-state index in [1.54, 1.807) is 11.4 Å². The molecule has 0 radical (unpaired) electrons. The van der Waals surface area contributed by atoms with Gasteiger partial charge in [-0.3, -0.25) is 4.90 Å². The van der Waals surface area contributed by atoms with Crippen LogP contribution in [0.4, 0.5) is 0 Å². The lowest BCUT2D eigenvalue weighted by Gasteiger charge is -2.63. The van der Waals surface area contributed by atoms with Crippen LogP contribution in [0, 0.1) is 46.3 Å². The first kappa shape index (κ1) is 42.8. The van der Waals surface area contributed by atoms with Crippen molar-refractivity contribution in [3.63, 3.8) is 0 Å². The zero-order valence-corrected chi connectivity index (χ0v) is 41.2. The van der Waals surface area contributed by atoms with Crippen LogP contribution in [0.25, 0.3) is 0 Å². The summed E-state index contributed by atoms with van der Waals surface area (Å²) in [6.45, 7) is 18.3. The van der Waals surface area contributed by atoms with E-state index >= 15 is 0 Å². The van der Waals surface area contributed by atoms with E-state index in [0.717, 1.165) is 31.1 Å². The van der Waals surface area contributed by atoms with Crippen LogP contribution in [0.1, 0.15) is 170 Å². The number of fused-ring (bicyclic) bond motifs is 7. The molecule has 12 aliphatic rings. The van der Waals surface area contributed by atoms with Crippen molar-refractivity contribution in [2.24, 2.45) is 46.3 Å². The molecule has 4 aliphatic heterocycles. The number of nitrogens with zero attached hydrogens (tertiary/aromatic N) is 3. The van der Waals surface area contributed by atoms with Gasteiger partial charge in [0.05, 0.1) is 18.1 Å². The van der Waals surface area contributed by atoms with E-state index in [1.807, 2.05) is 11.2 Å². The fraction of sp³-hybridized carbons (Fsp3) is 0.729. The highest BCUT2D eigenvalue weighted by molar-refractivity contribution is 6.71. The third-order valence-corrected chi connectivity index (χ3v) is 21.2. The number of hydrogen-bond donors (Lipinski definition) is 0. The average Bonchev–Trinajstić information content (AvgIpc) is 3.76. The molecular formula is C59H84BN3O. The molecule has 0 aromatic heterocycles. The predicted molar refractivity (Wildman–Crippen MR) is 266 cm³/mol. The van der Waals surface area contributed by atoms with Gasteiger partial charge in [-0.1, -0.05) is 145 Å². The molecule has 13 atom stereocenters. The van der Waals surface area contributed by atoms with E-state index in [2.05, 4.69) is 130 Å². The Morgan fingerprint density at radius 2 is 1.62 bits per heavy atom. The minimum absolute atomic E-state index is 0.125. The Morgan fingerprint density at radius 1 is 0.812 bits per heavy atom. The molecule has 2 saturated carbocycles. The fourth-order valence-corrected chi connectivity index (χ4v) is 18.0. The molecule has 344 valence electrons. The number of rotatable bonds is 5. The van der Waals surface area contributed by atoms with Crippen molar-refractivity contribution in [3.05, 3.63) is 95.0 Å².